The van der Waals surface area contributed by atoms with Crippen LogP contribution in [0.2, 0.25) is 0 Å². The van der Waals surface area contributed by atoms with E-state index in [1.54, 1.807) is 7.11 Å². The molecule has 7 nitrogen and oxygen atoms in total. The van der Waals surface area contributed by atoms with Crippen LogP contribution in [0.5, 0.6) is 5.75 Å². The number of ether oxygens (including phenoxy) is 1. The Labute approximate surface area is 182 Å². The lowest BCUT2D eigenvalue weighted by Crippen LogP contribution is -2.43. The van der Waals surface area contributed by atoms with Crippen LogP contribution in [-0.2, 0) is 17.9 Å². The lowest BCUT2D eigenvalue weighted by Gasteiger charge is -2.33. The van der Waals surface area contributed by atoms with Crippen LogP contribution in [0, 0.1) is 5.92 Å². The molecule has 0 saturated carbocycles. The van der Waals surface area contributed by atoms with E-state index in [1.165, 1.54) is 0 Å². The lowest BCUT2D eigenvalue weighted by molar-refractivity contribution is -0.136. The van der Waals surface area contributed by atoms with Gasteiger partial charge in [-0.05, 0) is 37.1 Å². The van der Waals surface area contributed by atoms with E-state index < -0.39 is 0 Å². The number of methoxy groups -OCH3 is 1. The second-order valence-corrected chi connectivity index (χ2v) is 7.99. The molecular weight excluding hydrogens is 392 g/mol. The molecule has 0 N–H and O–H groups in total. The van der Waals surface area contributed by atoms with Crippen LogP contribution in [0.25, 0.3) is 11.4 Å². The van der Waals surface area contributed by atoms with Gasteiger partial charge in [0.15, 0.2) is 0 Å². The van der Waals surface area contributed by atoms with Gasteiger partial charge in [-0.1, -0.05) is 47.6 Å². The molecule has 1 saturated heterocycles. The molecule has 2 aromatic carbocycles. The summed E-state index contributed by atoms with van der Waals surface area (Å²) in [6, 6.07) is 17.6. The van der Waals surface area contributed by atoms with Crippen LogP contribution in [0.1, 0.15) is 24.3 Å². The van der Waals surface area contributed by atoms with Gasteiger partial charge in [0.1, 0.15) is 5.75 Å². The molecule has 1 fully saturated rings. The number of hydrogen-bond acceptors (Lipinski definition) is 6. The highest BCUT2D eigenvalue weighted by molar-refractivity contribution is 5.79. The van der Waals surface area contributed by atoms with Gasteiger partial charge in [-0.25, -0.2) is 0 Å². The van der Waals surface area contributed by atoms with E-state index in [0.717, 1.165) is 36.3 Å². The Morgan fingerprint density at radius 2 is 1.97 bits per heavy atom. The number of carbonyl (C=O) groups excluding carboxylic acids is 1. The first-order chi connectivity index (χ1) is 15.1. The summed E-state index contributed by atoms with van der Waals surface area (Å²) in [4.78, 5) is 21.6. The van der Waals surface area contributed by atoms with Crippen LogP contribution in [-0.4, -0.2) is 53.1 Å². The number of amides is 1. The molecule has 7 heteroatoms. The maximum Gasteiger partial charge on any atom is 0.241 e. The number of carbonyl (C=O) groups is 1. The van der Waals surface area contributed by atoms with E-state index in [0.29, 0.717) is 31.3 Å². The van der Waals surface area contributed by atoms with Crippen molar-refractivity contribution in [3.63, 3.8) is 0 Å². The third-order valence-corrected chi connectivity index (χ3v) is 5.67. The zero-order chi connectivity index (χ0) is 21.6. The first kappa shape index (κ1) is 21.1. The summed E-state index contributed by atoms with van der Waals surface area (Å²) in [5, 5.41) is 4.10. The van der Waals surface area contributed by atoms with Crippen LogP contribution < -0.4 is 4.74 Å². The van der Waals surface area contributed by atoms with Crippen molar-refractivity contribution in [3.05, 3.63) is 66.1 Å². The second kappa shape index (κ2) is 9.75. The molecule has 0 spiro atoms. The molecule has 1 aliphatic rings. The molecule has 0 aliphatic carbocycles. The van der Waals surface area contributed by atoms with E-state index in [4.69, 9.17) is 9.26 Å². The fourth-order valence-corrected chi connectivity index (χ4v) is 4.01. The summed E-state index contributed by atoms with van der Waals surface area (Å²) in [5.41, 5.74) is 2.02. The zero-order valence-corrected chi connectivity index (χ0v) is 18.0. The Kier molecular flexibility index (Phi) is 6.62. The van der Waals surface area contributed by atoms with Gasteiger partial charge in [-0.15, -0.1) is 0 Å². The van der Waals surface area contributed by atoms with Gasteiger partial charge in [0, 0.05) is 25.7 Å². The molecule has 4 rings (SSSR count). The normalized spacial score (nSPS) is 16.8. The largest absolute Gasteiger partial charge is 0.497 e. The number of piperidine rings is 1. The highest BCUT2D eigenvalue weighted by Crippen LogP contribution is 2.22. The van der Waals surface area contributed by atoms with Crippen molar-refractivity contribution < 1.29 is 14.1 Å². The standard InChI is InChI=1S/C24H28N4O3/c1-27(15-18-10-12-21(30-2)13-11-18)24(29)20-9-6-14-28(16-20)17-22-25-23(26-31-22)19-7-4-3-5-8-19/h3-5,7-8,10-13,20H,6,9,14-17H2,1-2H3. The maximum absolute atomic E-state index is 13.0. The van der Waals surface area contributed by atoms with Crippen molar-refractivity contribution in [2.75, 3.05) is 27.2 Å². The molecule has 1 amide bonds. The molecule has 3 aromatic rings. The van der Waals surface area contributed by atoms with E-state index in [-0.39, 0.29) is 11.8 Å². The number of likely N-dealkylation sites (tertiary alicyclic amines) is 1. The molecule has 2 heterocycles. The van der Waals surface area contributed by atoms with Gasteiger partial charge < -0.3 is 14.2 Å². The molecule has 1 aliphatic heterocycles. The number of benzene rings is 2. The summed E-state index contributed by atoms with van der Waals surface area (Å²) in [6.07, 6.45) is 1.88. The SMILES string of the molecule is COc1ccc(CN(C)C(=O)C2CCCN(Cc3nc(-c4ccccc4)no3)C2)cc1. The van der Waals surface area contributed by atoms with Gasteiger partial charge in [0.05, 0.1) is 19.6 Å². The van der Waals surface area contributed by atoms with Crippen LogP contribution in [0.4, 0.5) is 0 Å². The molecule has 1 unspecified atom stereocenters. The Morgan fingerprint density at radius 3 is 2.71 bits per heavy atom. The third kappa shape index (κ3) is 5.30. The fourth-order valence-electron chi connectivity index (χ4n) is 4.01. The minimum absolute atomic E-state index is 0.0199. The van der Waals surface area contributed by atoms with Gasteiger partial charge in [-0.3, -0.25) is 9.69 Å². The minimum Gasteiger partial charge on any atom is -0.497 e. The summed E-state index contributed by atoms with van der Waals surface area (Å²) in [6.45, 7) is 2.78. The molecule has 0 bridgehead atoms. The summed E-state index contributed by atoms with van der Waals surface area (Å²) in [7, 11) is 3.52. The quantitative estimate of drug-likeness (QED) is 0.581. The van der Waals surface area contributed by atoms with E-state index >= 15 is 0 Å². The van der Waals surface area contributed by atoms with Gasteiger partial charge in [0.25, 0.3) is 0 Å². The Hall–Kier alpha value is -3.19. The van der Waals surface area contributed by atoms with E-state index in [9.17, 15) is 4.79 Å². The summed E-state index contributed by atoms with van der Waals surface area (Å²) in [5.74, 6) is 2.15. The first-order valence-electron chi connectivity index (χ1n) is 10.6. The molecule has 1 atom stereocenters. The third-order valence-electron chi connectivity index (χ3n) is 5.67. The van der Waals surface area contributed by atoms with Crippen LogP contribution in [0.3, 0.4) is 0 Å². The van der Waals surface area contributed by atoms with E-state index in [1.807, 2.05) is 66.5 Å². The topological polar surface area (TPSA) is 71.7 Å². The Morgan fingerprint density at radius 1 is 1.19 bits per heavy atom. The molecule has 0 radical (unpaired) electrons. The van der Waals surface area contributed by atoms with Crippen molar-refractivity contribution in [1.29, 1.82) is 0 Å². The van der Waals surface area contributed by atoms with Crippen molar-refractivity contribution in [2.24, 2.45) is 5.92 Å². The number of aromatic nitrogens is 2. The van der Waals surface area contributed by atoms with Crippen molar-refractivity contribution >= 4 is 5.91 Å². The van der Waals surface area contributed by atoms with Gasteiger partial charge in [0.2, 0.25) is 17.6 Å². The maximum atomic E-state index is 13.0. The summed E-state index contributed by atoms with van der Waals surface area (Å²) >= 11 is 0. The minimum atomic E-state index is -0.0199. The molecule has 31 heavy (non-hydrogen) atoms. The van der Waals surface area contributed by atoms with Crippen LogP contribution in [0.15, 0.2) is 59.1 Å². The van der Waals surface area contributed by atoms with Crippen molar-refractivity contribution in [2.45, 2.75) is 25.9 Å². The molecule has 162 valence electrons. The van der Waals surface area contributed by atoms with Crippen LogP contribution >= 0.6 is 0 Å². The smallest absolute Gasteiger partial charge is 0.241 e. The number of nitrogens with zero attached hydrogens (tertiary/aromatic N) is 4. The predicted octanol–water partition coefficient (Wildman–Crippen LogP) is 3.62. The van der Waals surface area contributed by atoms with Crippen molar-refractivity contribution in [3.8, 4) is 17.1 Å². The molecular formula is C24H28N4O3. The molecule has 1 aromatic heterocycles. The Balaban J connectivity index is 1.33. The van der Waals surface area contributed by atoms with Gasteiger partial charge in [-0.2, -0.15) is 4.98 Å². The summed E-state index contributed by atoms with van der Waals surface area (Å²) < 4.78 is 10.7. The lowest BCUT2D eigenvalue weighted by atomic mass is 9.96. The zero-order valence-electron chi connectivity index (χ0n) is 18.0. The van der Waals surface area contributed by atoms with Gasteiger partial charge >= 0.3 is 0 Å². The average Bonchev–Trinajstić information content (AvgIpc) is 3.28. The number of rotatable bonds is 7. The highest BCUT2D eigenvalue weighted by Gasteiger charge is 2.29. The number of hydrogen-bond donors (Lipinski definition) is 0. The van der Waals surface area contributed by atoms with Crippen molar-refractivity contribution in [1.82, 2.24) is 19.9 Å². The predicted molar refractivity (Wildman–Crippen MR) is 117 cm³/mol. The fraction of sp³-hybridized carbons (Fsp3) is 0.375. The highest BCUT2D eigenvalue weighted by atomic mass is 16.5. The monoisotopic (exact) mass is 420 g/mol. The van der Waals surface area contributed by atoms with E-state index in [2.05, 4.69) is 15.0 Å². The first-order valence-corrected chi connectivity index (χ1v) is 10.6. The Bertz CT molecular complexity index is 988. The average molecular weight is 421 g/mol. The second-order valence-electron chi connectivity index (χ2n) is 7.99.